The molecule has 1 aliphatic heterocycles. The highest BCUT2D eigenvalue weighted by molar-refractivity contribution is 6.05. The number of ether oxygens (including phenoxy) is 2. The number of aryl methyl sites for hydroxylation is 1. The van der Waals surface area contributed by atoms with E-state index in [1.54, 1.807) is 27.7 Å². The highest BCUT2D eigenvalue weighted by Crippen LogP contribution is 2.34. The van der Waals surface area contributed by atoms with E-state index in [0.29, 0.717) is 42.6 Å². The van der Waals surface area contributed by atoms with E-state index >= 15 is 0 Å². The van der Waals surface area contributed by atoms with Crippen molar-refractivity contribution >= 4 is 11.6 Å². The van der Waals surface area contributed by atoms with Gasteiger partial charge in [-0.3, -0.25) is 4.79 Å². The van der Waals surface area contributed by atoms with E-state index in [0.717, 1.165) is 0 Å². The molecule has 118 valence electrons. The third-order valence-electron chi connectivity index (χ3n) is 3.69. The zero-order valence-electron chi connectivity index (χ0n) is 12.9. The van der Waals surface area contributed by atoms with Gasteiger partial charge in [-0.1, -0.05) is 0 Å². The predicted octanol–water partition coefficient (Wildman–Crippen LogP) is 2.36. The number of carbonyl (C=O) groups excluding carboxylic acids is 1. The number of carbonyl (C=O) groups is 1. The number of hydrogen-bond donors (Lipinski definition) is 0. The normalized spacial score (nSPS) is 12.5. The third kappa shape index (κ3) is 2.99. The van der Waals surface area contributed by atoms with Crippen LogP contribution in [-0.2, 0) is 7.05 Å². The average molecular weight is 311 g/mol. The molecule has 0 radical (unpaired) electrons. The van der Waals surface area contributed by atoms with E-state index < -0.39 is 0 Å². The summed E-state index contributed by atoms with van der Waals surface area (Å²) in [5.41, 5.74) is 1.26. The van der Waals surface area contributed by atoms with Crippen LogP contribution in [0, 0.1) is 11.3 Å². The molecule has 0 saturated carbocycles. The van der Waals surface area contributed by atoms with E-state index in [9.17, 15) is 4.79 Å². The zero-order valence-corrected chi connectivity index (χ0v) is 12.9. The molecule has 1 aliphatic rings. The molecule has 0 fully saturated rings. The van der Waals surface area contributed by atoms with Crippen molar-refractivity contribution in [3.63, 3.8) is 0 Å². The van der Waals surface area contributed by atoms with Crippen molar-refractivity contribution in [2.75, 3.05) is 24.7 Å². The fraction of sp³-hybridized carbons (Fsp3) is 0.294. The standard InChI is InChI=1S/C17H17N3O3/c1-19-8-2-4-14(19)17(21)20(9-3-7-18)13-5-6-15-16(12-13)23-11-10-22-15/h2,4-6,8,12H,3,9-11H2,1H3. The smallest absolute Gasteiger partial charge is 0.274 e. The van der Waals surface area contributed by atoms with Gasteiger partial charge in [0.2, 0.25) is 0 Å². The van der Waals surface area contributed by atoms with Gasteiger partial charge in [-0.25, -0.2) is 0 Å². The van der Waals surface area contributed by atoms with Gasteiger partial charge >= 0.3 is 0 Å². The minimum Gasteiger partial charge on any atom is -0.486 e. The third-order valence-corrected chi connectivity index (χ3v) is 3.69. The first kappa shape index (κ1) is 15.0. The van der Waals surface area contributed by atoms with Crippen molar-refractivity contribution in [2.45, 2.75) is 6.42 Å². The van der Waals surface area contributed by atoms with Crippen molar-refractivity contribution in [1.29, 1.82) is 5.26 Å². The number of amides is 1. The molecule has 0 saturated heterocycles. The lowest BCUT2D eigenvalue weighted by Gasteiger charge is -2.25. The second-order valence-corrected chi connectivity index (χ2v) is 5.20. The summed E-state index contributed by atoms with van der Waals surface area (Å²) in [5.74, 6) is 1.14. The molecule has 0 atom stereocenters. The molecule has 0 bridgehead atoms. The monoisotopic (exact) mass is 311 g/mol. The Kier molecular flexibility index (Phi) is 4.20. The number of benzene rings is 1. The molecule has 0 unspecified atom stereocenters. The van der Waals surface area contributed by atoms with Crippen LogP contribution in [0.4, 0.5) is 5.69 Å². The topological polar surface area (TPSA) is 67.5 Å². The fourth-order valence-corrected chi connectivity index (χ4v) is 2.53. The molecule has 1 amide bonds. The summed E-state index contributed by atoms with van der Waals surface area (Å²) in [6.07, 6.45) is 2.07. The molecule has 2 aromatic rings. The van der Waals surface area contributed by atoms with Crippen LogP contribution in [0.5, 0.6) is 11.5 Å². The number of nitriles is 1. The molecular weight excluding hydrogens is 294 g/mol. The Morgan fingerprint density at radius 2 is 2.09 bits per heavy atom. The molecule has 2 heterocycles. The summed E-state index contributed by atoms with van der Waals surface area (Å²) < 4.78 is 12.8. The lowest BCUT2D eigenvalue weighted by Crippen LogP contribution is -2.33. The Bertz CT molecular complexity index is 761. The molecular formula is C17H17N3O3. The number of aromatic nitrogens is 1. The highest BCUT2D eigenvalue weighted by Gasteiger charge is 2.22. The van der Waals surface area contributed by atoms with Gasteiger partial charge < -0.3 is 18.9 Å². The first-order valence-corrected chi connectivity index (χ1v) is 7.40. The van der Waals surface area contributed by atoms with Crippen LogP contribution >= 0.6 is 0 Å². The summed E-state index contributed by atoms with van der Waals surface area (Å²) in [7, 11) is 1.82. The lowest BCUT2D eigenvalue weighted by molar-refractivity contribution is 0.0979. The minimum atomic E-state index is -0.149. The van der Waals surface area contributed by atoms with Crippen LogP contribution in [0.1, 0.15) is 16.9 Å². The molecule has 0 aliphatic carbocycles. The van der Waals surface area contributed by atoms with Crippen molar-refractivity contribution in [1.82, 2.24) is 4.57 Å². The zero-order chi connectivity index (χ0) is 16.2. The molecule has 0 spiro atoms. The van der Waals surface area contributed by atoms with Crippen LogP contribution in [0.2, 0.25) is 0 Å². The largest absolute Gasteiger partial charge is 0.486 e. The number of fused-ring (bicyclic) bond motifs is 1. The van der Waals surface area contributed by atoms with Crippen LogP contribution in [-0.4, -0.2) is 30.2 Å². The Morgan fingerprint density at radius 1 is 1.30 bits per heavy atom. The second kappa shape index (κ2) is 6.44. The first-order chi connectivity index (χ1) is 11.2. The summed E-state index contributed by atoms with van der Waals surface area (Å²) in [6, 6.07) is 11.1. The minimum absolute atomic E-state index is 0.149. The van der Waals surface area contributed by atoms with Gasteiger partial charge in [-0.05, 0) is 24.3 Å². The van der Waals surface area contributed by atoms with Gasteiger partial charge in [0, 0.05) is 31.5 Å². The molecule has 6 nitrogen and oxygen atoms in total. The van der Waals surface area contributed by atoms with Crippen LogP contribution in [0.25, 0.3) is 0 Å². The summed E-state index contributed by atoms with van der Waals surface area (Å²) in [5, 5.41) is 8.88. The first-order valence-electron chi connectivity index (χ1n) is 7.40. The Labute approximate surface area is 134 Å². The molecule has 3 rings (SSSR count). The second-order valence-electron chi connectivity index (χ2n) is 5.20. The molecule has 6 heteroatoms. The maximum absolute atomic E-state index is 12.8. The fourth-order valence-electron chi connectivity index (χ4n) is 2.53. The van der Waals surface area contributed by atoms with E-state index in [2.05, 4.69) is 6.07 Å². The van der Waals surface area contributed by atoms with Crippen molar-refractivity contribution in [3.8, 4) is 17.6 Å². The van der Waals surface area contributed by atoms with E-state index in [-0.39, 0.29) is 12.3 Å². The van der Waals surface area contributed by atoms with Gasteiger partial charge in [-0.2, -0.15) is 5.26 Å². The Balaban J connectivity index is 1.94. The predicted molar refractivity (Wildman–Crippen MR) is 84.8 cm³/mol. The summed E-state index contributed by atoms with van der Waals surface area (Å²) in [4.78, 5) is 14.4. The van der Waals surface area contributed by atoms with Crippen LogP contribution < -0.4 is 14.4 Å². The van der Waals surface area contributed by atoms with Gasteiger partial charge in [-0.15, -0.1) is 0 Å². The average Bonchev–Trinajstić information content (AvgIpc) is 3.01. The quantitative estimate of drug-likeness (QED) is 0.869. The van der Waals surface area contributed by atoms with Crippen LogP contribution in [0.15, 0.2) is 36.5 Å². The van der Waals surface area contributed by atoms with E-state index in [4.69, 9.17) is 14.7 Å². The van der Waals surface area contributed by atoms with E-state index in [1.165, 1.54) is 0 Å². The van der Waals surface area contributed by atoms with Crippen molar-refractivity contribution in [2.24, 2.45) is 7.05 Å². The van der Waals surface area contributed by atoms with Gasteiger partial charge in [0.15, 0.2) is 11.5 Å². The number of anilines is 1. The maximum atomic E-state index is 12.8. The Hall–Kier alpha value is -2.94. The number of rotatable bonds is 4. The Morgan fingerprint density at radius 3 is 2.78 bits per heavy atom. The molecule has 0 N–H and O–H groups in total. The van der Waals surface area contributed by atoms with Crippen molar-refractivity contribution < 1.29 is 14.3 Å². The van der Waals surface area contributed by atoms with Gasteiger partial charge in [0.05, 0.1) is 12.5 Å². The highest BCUT2D eigenvalue weighted by atomic mass is 16.6. The molecule has 1 aromatic heterocycles. The summed E-state index contributed by atoms with van der Waals surface area (Å²) in [6.45, 7) is 1.33. The van der Waals surface area contributed by atoms with E-state index in [1.807, 2.05) is 25.4 Å². The van der Waals surface area contributed by atoms with Crippen LogP contribution in [0.3, 0.4) is 0 Å². The number of hydrogen-bond acceptors (Lipinski definition) is 4. The maximum Gasteiger partial charge on any atom is 0.274 e. The van der Waals surface area contributed by atoms with Crippen molar-refractivity contribution in [3.05, 3.63) is 42.2 Å². The summed E-state index contributed by atoms with van der Waals surface area (Å²) >= 11 is 0. The molecule has 1 aromatic carbocycles. The molecule has 23 heavy (non-hydrogen) atoms. The lowest BCUT2D eigenvalue weighted by atomic mass is 10.2. The number of nitrogens with zero attached hydrogens (tertiary/aromatic N) is 3. The van der Waals surface area contributed by atoms with Gasteiger partial charge in [0.25, 0.3) is 5.91 Å². The SMILES string of the molecule is Cn1cccc1C(=O)N(CCC#N)c1ccc2c(c1)OCCO2. The van der Waals surface area contributed by atoms with Gasteiger partial charge in [0.1, 0.15) is 18.9 Å².